The summed E-state index contributed by atoms with van der Waals surface area (Å²) in [6, 6.07) is 8.46. The normalized spacial score (nSPS) is 11.0. The highest BCUT2D eigenvalue weighted by Gasteiger charge is 2.20. The average molecular weight is 382 g/mol. The van der Waals surface area contributed by atoms with Gasteiger partial charge in [0.05, 0.1) is 18.1 Å². The number of hydrogen-bond donors (Lipinski definition) is 2. The maximum absolute atomic E-state index is 13.0. The number of ether oxygens (including phenoxy) is 1. The third kappa shape index (κ3) is 3.53. The second kappa shape index (κ2) is 7.67. The minimum absolute atomic E-state index is 0.0108. The zero-order chi connectivity index (χ0) is 20.4. The van der Waals surface area contributed by atoms with Crippen LogP contribution in [0.5, 0.6) is 5.75 Å². The van der Waals surface area contributed by atoms with Crippen LogP contribution in [-0.2, 0) is 6.54 Å². The number of nitrogens with one attached hydrogen (secondary N) is 2. The van der Waals surface area contributed by atoms with Crippen LogP contribution in [0.25, 0.3) is 11.0 Å². The van der Waals surface area contributed by atoms with Gasteiger partial charge in [-0.05, 0) is 43.2 Å². The summed E-state index contributed by atoms with van der Waals surface area (Å²) in [5.41, 5.74) is 0.388. The predicted octanol–water partition coefficient (Wildman–Crippen LogP) is 2.49. The van der Waals surface area contributed by atoms with Crippen molar-refractivity contribution in [2.45, 2.75) is 33.2 Å². The van der Waals surface area contributed by atoms with Gasteiger partial charge in [0.2, 0.25) is 0 Å². The van der Waals surface area contributed by atoms with Gasteiger partial charge in [-0.15, -0.1) is 0 Å². The highest BCUT2D eigenvalue weighted by Crippen LogP contribution is 2.21. The standard InChI is InChI=1S/C20H22N4O4/c1-5-24-17-16(19(26)23-20(24)27)14(10-15(22-17)11(2)3)18(25)21-12-6-8-13(28-4)9-7-12/h6-11H,5H2,1-4H3,(H,21,25)(H,23,26,27). The van der Waals surface area contributed by atoms with Crippen molar-refractivity contribution in [1.29, 1.82) is 0 Å². The third-order valence-electron chi connectivity index (χ3n) is 4.47. The van der Waals surface area contributed by atoms with Gasteiger partial charge < -0.3 is 10.1 Å². The minimum Gasteiger partial charge on any atom is -0.497 e. The molecule has 2 aromatic heterocycles. The van der Waals surface area contributed by atoms with E-state index in [1.54, 1.807) is 44.4 Å². The molecule has 0 aliphatic rings. The number of carbonyl (C=O) groups excluding carboxylic acids is 1. The van der Waals surface area contributed by atoms with Crippen LogP contribution in [-0.4, -0.2) is 27.6 Å². The van der Waals surface area contributed by atoms with E-state index in [4.69, 9.17) is 4.74 Å². The number of fused-ring (bicyclic) bond motifs is 1. The molecule has 0 aliphatic heterocycles. The summed E-state index contributed by atoms with van der Waals surface area (Å²) >= 11 is 0. The van der Waals surface area contributed by atoms with Gasteiger partial charge in [-0.25, -0.2) is 9.78 Å². The fourth-order valence-electron chi connectivity index (χ4n) is 2.93. The number of rotatable bonds is 5. The maximum atomic E-state index is 13.0. The molecule has 0 spiro atoms. The lowest BCUT2D eigenvalue weighted by Crippen LogP contribution is -2.32. The smallest absolute Gasteiger partial charge is 0.329 e. The van der Waals surface area contributed by atoms with Crippen molar-refractivity contribution in [3.63, 3.8) is 0 Å². The highest BCUT2D eigenvalue weighted by molar-refractivity contribution is 6.11. The minimum atomic E-state index is -0.632. The summed E-state index contributed by atoms with van der Waals surface area (Å²) in [5.74, 6) is 0.223. The summed E-state index contributed by atoms with van der Waals surface area (Å²) in [7, 11) is 1.56. The molecule has 0 unspecified atom stereocenters. The Balaban J connectivity index is 2.19. The van der Waals surface area contributed by atoms with E-state index in [1.165, 1.54) is 4.57 Å². The fraction of sp³-hybridized carbons (Fsp3) is 0.300. The molecule has 0 saturated carbocycles. The number of aryl methyl sites for hydroxylation is 1. The van der Waals surface area contributed by atoms with Crippen LogP contribution in [0.1, 0.15) is 42.7 Å². The van der Waals surface area contributed by atoms with Crippen LogP contribution in [0, 0.1) is 0 Å². The fourth-order valence-corrected chi connectivity index (χ4v) is 2.93. The maximum Gasteiger partial charge on any atom is 0.329 e. The van der Waals surface area contributed by atoms with Gasteiger partial charge in [0.1, 0.15) is 5.75 Å². The molecule has 0 fully saturated rings. The second-order valence-corrected chi connectivity index (χ2v) is 6.63. The molecule has 3 rings (SSSR count). The van der Waals surface area contributed by atoms with E-state index in [9.17, 15) is 14.4 Å². The quantitative estimate of drug-likeness (QED) is 0.705. The number of benzene rings is 1. The summed E-state index contributed by atoms with van der Waals surface area (Å²) in [6.07, 6.45) is 0. The van der Waals surface area contributed by atoms with Crippen molar-refractivity contribution in [2.24, 2.45) is 0 Å². The molecule has 8 nitrogen and oxygen atoms in total. The molecule has 2 N–H and O–H groups in total. The Morgan fingerprint density at radius 1 is 1.25 bits per heavy atom. The van der Waals surface area contributed by atoms with Gasteiger partial charge in [-0.2, -0.15) is 0 Å². The molecular formula is C20H22N4O4. The first-order valence-electron chi connectivity index (χ1n) is 8.98. The number of aromatic nitrogens is 3. The number of anilines is 1. The van der Waals surface area contributed by atoms with Crippen LogP contribution >= 0.6 is 0 Å². The molecule has 28 heavy (non-hydrogen) atoms. The summed E-state index contributed by atoms with van der Waals surface area (Å²) in [4.78, 5) is 44.4. The van der Waals surface area contributed by atoms with Crippen molar-refractivity contribution < 1.29 is 9.53 Å². The zero-order valence-electron chi connectivity index (χ0n) is 16.2. The Labute approximate surface area is 161 Å². The molecule has 0 radical (unpaired) electrons. The molecular weight excluding hydrogens is 360 g/mol. The predicted molar refractivity (Wildman–Crippen MR) is 107 cm³/mol. The van der Waals surface area contributed by atoms with Crippen molar-refractivity contribution >= 4 is 22.6 Å². The molecule has 0 saturated heterocycles. The Bertz CT molecular complexity index is 1140. The van der Waals surface area contributed by atoms with E-state index in [-0.39, 0.29) is 22.5 Å². The van der Waals surface area contributed by atoms with Gasteiger partial charge in [0, 0.05) is 17.9 Å². The van der Waals surface area contributed by atoms with E-state index in [1.807, 2.05) is 13.8 Å². The van der Waals surface area contributed by atoms with Gasteiger partial charge in [-0.3, -0.25) is 19.1 Å². The van der Waals surface area contributed by atoms with Gasteiger partial charge in [0.25, 0.3) is 11.5 Å². The number of methoxy groups -OCH3 is 1. The second-order valence-electron chi connectivity index (χ2n) is 6.63. The third-order valence-corrected chi connectivity index (χ3v) is 4.47. The Morgan fingerprint density at radius 2 is 1.93 bits per heavy atom. The number of amides is 1. The van der Waals surface area contributed by atoms with Crippen LogP contribution in [0.15, 0.2) is 39.9 Å². The van der Waals surface area contributed by atoms with Gasteiger partial charge >= 0.3 is 5.69 Å². The number of aromatic amines is 1. The highest BCUT2D eigenvalue weighted by atomic mass is 16.5. The SMILES string of the molecule is CCn1c(=O)[nH]c(=O)c2c(C(=O)Nc3ccc(OC)cc3)cc(C(C)C)nc21. The summed E-state index contributed by atoms with van der Waals surface area (Å²) < 4.78 is 6.47. The van der Waals surface area contributed by atoms with Gasteiger partial charge in [-0.1, -0.05) is 13.8 Å². The Morgan fingerprint density at radius 3 is 2.50 bits per heavy atom. The van der Waals surface area contributed by atoms with Crippen LogP contribution in [0.4, 0.5) is 5.69 Å². The van der Waals surface area contributed by atoms with Crippen molar-refractivity contribution in [1.82, 2.24) is 14.5 Å². The van der Waals surface area contributed by atoms with E-state index < -0.39 is 17.2 Å². The average Bonchev–Trinajstić information content (AvgIpc) is 2.67. The van der Waals surface area contributed by atoms with E-state index in [0.717, 1.165) is 0 Å². The summed E-state index contributed by atoms with van der Waals surface area (Å²) in [6.45, 7) is 5.96. The van der Waals surface area contributed by atoms with Crippen molar-refractivity contribution in [2.75, 3.05) is 12.4 Å². The lowest BCUT2D eigenvalue weighted by atomic mass is 10.0. The molecule has 8 heteroatoms. The Hall–Kier alpha value is -3.42. The number of pyridine rings is 1. The lowest BCUT2D eigenvalue weighted by molar-refractivity contribution is 0.102. The molecule has 2 heterocycles. The van der Waals surface area contributed by atoms with E-state index in [0.29, 0.717) is 23.7 Å². The summed E-state index contributed by atoms with van der Waals surface area (Å²) in [5, 5.41) is 2.88. The number of H-pyrrole nitrogens is 1. The number of carbonyl (C=O) groups is 1. The largest absolute Gasteiger partial charge is 0.497 e. The first-order chi connectivity index (χ1) is 13.3. The van der Waals surface area contributed by atoms with Crippen LogP contribution in [0.3, 0.4) is 0 Å². The van der Waals surface area contributed by atoms with Crippen molar-refractivity contribution in [3.8, 4) is 5.75 Å². The van der Waals surface area contributed by atoms with E-state index >= 15 is 0 Å². The molecule has 3 aromatic rings. The van der Waals surface area contributed by atoms with Crippen LogP contribution < -0.4 is 21.3 Å². The van der Waals surface area contributed by atoms with Gasteiger partial charge in [0.15, 0.2) is 5.65 Å². The number of hydrogen-bond acceptors (Lipinski definition) is 5. The monoisotopic (exact) mass is 382 g/mol. The van der Waals surface area contributed by atoms with Crippen molar-refractivity contribution in [3.05, 3.63) is 62.4 Å². The molecule has 0 bridgehead atoms. The molecule has 146 valence electrons. The first kappa shape index (κ1) is 19.3. The zero-order valence-corrected chi connectivity index (χ0v) is 16.2. The first-order valence-corrected chi connectivity index (χ1v) is 8.98. The van der Waals surface area contributed by atoms with E-state index in [2.05, 4.69) is 15.3 Å². The lowest BCUT2D eigenvalue weighted by Gasteiger charge is -2.14. The molecule has 0 atom stereocenters. The topological polar surface area (TPSA) is 106 Å². The molecule has 0 aliphatic carbocycles. The molecule has 1 aromatic carbocycles. The number of nitrogens with zero attached hydrogens (tertiary/aromatic N) is 2. The Kier molecular flexibility index (Phi) is 5.30. The van der Waals surface area contributed by atoms with Crippen LogP contribution in [0.2, 0.25) is 0 Å². The molecule has 1 amide bonds.